The summed E-state index contributed by atoms with van der Waals surface area (Å²) >= 11 is 0. The molecule has 2 rings (SSSR count). The Labute approximate surface area is 88.7 Å². The zero-order valence-electron chi connectivity index (χ0n) is 8.70. The molecule has 1 aliphatic rings. The first kappa shape index (κ1) is 10.2. The first-order valence-corrected chi connectivity index (χ1v) is 5.51. The third-order valence-electron chi connectivity index (χ3n) is 3.12. The average Bonchev–Trinajstić information content (AvgIpc) is 2.85. The van der Waals surface area contributed by atoms with E-state index in [2.05, 4.69) is 10.2 Å². The molecule has 4 heteroatoms. The van der Waals surface area contributed by atoms with E-state index in [1.807, 2.05) is 0 Å². The van der Waals surface area contributed by atoms with Crippen molar-refractivity contribution in [1.29, 1.82) is 0 Å². The van der Waals surface area contributed by atoms with Crippen LogP contribution >= 0.6 is 0 Å². The third kappa shape index (κ3) is 2.37. The van der Waals surface area contributed by atoms with Gasteiger partial charge in [-0.2, -0.15) is 5.10 Å². The monoisotopic (exact) mass is 208 g/mol. The second-order valence-corrected chi connectivity index (χ2v) is 4.18. The molecule has 2 N–H and O–H groups in total. The maximum absolute atomic E-state index is 10.5. The number of hydrogen-bond donors (Lipinski definition) is 2. The molecule has 1 aliphatic carbocycles. The lowest BCUT2D eigenvalue weighted by atomic mass is 9.98. The summed E-state index contributed by atoms with van der Waals surface area (Å²) in [5.41, 5.74) is 2.26. The minimum absolute atomic E-state index is 0.194. The summed E-state index contributed by atoms with van der Waals surface area (Å²) in [5, 5.41) is 15.7. The van der Waals surface area contributed by atoms with E-state index in [0.29, 0.717) is 12.3 Å². The molecule has 15 heavy (non-hydrogen) atoms. The Morgan fingerprint density at radius 1 is 1.53 bits per heavy atom. The molecule has 1 aromatic heterocycles. The molecule has 0 spiro atoms. The summed E-state index contributed by atoms with van der Waals surface area (Å²) in [4.78, 5) is 10.5. The predicted molar refractivity (Wildman–Crippen MR) is 55.8 cm³/mol. The fourth-order valence-electron chi connectivity index (χ4n) is 2.33. The first-order valence-electron chi connectivity index (χ1n) is 5.51. The zero-order valence-corrected chi connectivity index (χ0v) is 8.70. The number of aromatic amines is 1. The van der Waals surface area contributed by atoms with Crippen LogP contribution in [0.15, 0.2) is 6.20 Å². The molecule has 0 unspecified atom stereocenters. The van der Waals surface area contributed by atoms with E-state index in [0.717, 1.165) is 5.56 Å². The highest BCUT2D eigenvalue weighted by molar-refractivity contribution is 5.67. The van der Waals surface area contributed by atoms with Gasteiger partial charge in [-0.1, -0.05) is 12.8 Å². The van der Waals surface area contributed by atoms with Gasteiger partial charge in [0.15, 0.2) is 0 Å². The quantitative estimate of drug-likeness (QED) is 0.796. The minimum Gasteiger partial charge on any atom is -0.481 e. The van der Waals surface area contributed by atoms with Gasteiger partial charge >= 0.3 is 5.97 Å². The molecular formula is C11H16N2O2. The fourth-order valence-corrected chi connectivity index (χ4v) is 2.33. The summed E-state index contributed by atoms with van der Waals surface area (Å²) in [6.45, 7) is 0. The fraction of sp³-hybridized carbons (Fsp3) is 0.636. The van der Waals surface area contributed by atoms with Crippen LogP contribution in [-0.2, 0) is 11.2 Å². The van der Waals surface area contributed by atoms with Crippen LogP contribution in [0.3, 0.4) is 0 Å². The standard InChI is InChI=1S/C11H16N2O2/c14-10(15)6-5-9-7-12-13-11(9)8-3-1-2-4-8/h7-8H,1-6H2,(H,12,13)(H,14,15). The van der Waals surface area contributed by atoms with Crippen LogP contribution < -0.4 is 0 Å². The SMILES string of the molecule is O=C(O)CCc1cn[nH]c1C1CCCC1. The molecule has 1 aromatic rings. The van der Waals surface area contributed by atoms with Crippen molar-refractivity contribution in [3.8, 4) is 0 Å². The maximum atomic E-state index is 10.5. The van der Waals surface area contributed by atoms with Crippen molar-refractivity contribution in [3.63, 3.8) is 0 Å². The summed E-state index contributed by atoms with van der Waals surface area (Å²) in [6, 6.07) is 0. The topological polar surface area (TPSA) is 66.0 Å². The zero-order chi connectivity index (χ0) is 10.7. The van der Waals surface area contributed by atoms with Crippen LogP contribution in [0.4, 0.5) is 0 Å². The van der Waals surface area contributed by atoms with E-state index in [4.69, 9.17) is 5.11 Å². The normalized spacial score (nSPS) is 17.1. The number of carboxylic acid groups (broad SMARTS) is 1. The van der Waals surface area contributed by atoms with Gasteiger partial charge in [0.2, 0.25) is 0 Å². The van der Waals surface area contributed by atoms with Crippen molar-refractivity contribution in [2.24, 2.45) is 0 Å². The highest BCUT2D eigenvalue weighted by atomic mass is 16.4. The summed E-state index contributed by atoms with van der Waals surface area (Å²) in [6.07, 6.45) is 7.54. The van der Waals surface area contributed by atoms with Crippen LogP contribution in [0.25, 0.3) is 0 Å². The number of H-pyrrole nitrogens is 1. The van der Waals surface area contributed by atoms with Gasteiger partial charge in [0.25, 0.3) is 0 Å². The molecule has 1 fully saturated rings. The molecule has 0 amide bonds. The van der Waals surface area contributed by atoms with Gasteiger partial charge in [0.1, 0.15) is 0 Å². The Bertz CT molecular complexity index is 340. The largest absolute Gasteiger partial charge is 0.481 e. The molecule has 4 nitrogen and oxygen atoms in total. The molecule has 0 bridgehead atoms. The van der Waals surface area contributed by atoms with E-state index in [9.17, 15) is 4.79 Å². The Balaban J connectivity index is 2.04. The number of carbonyl (C=O) groups is 1. The van der Waals surface area contributed by atoms with Crippen LogP contribution in [-0.4, -0.2) is 21.3 Å². The minimum atomic E-state index is -0.742. The van der Waals surface area contributed by atoms with Gasteiger partial charge in [0.05, 0.1) is 6.20 Å². The van der Waals surface area contributed by atoms with E-state index in [1.165, 1.54) is 31.4 Å². The molecule has 0 aliphatic heterocycles. The number of carboxylic acids is 1. The molecule has 1 heterocycles. The summed E-state index contributed by atoms with van der Waals surface area (Å²) < 4.78 is 0. The predicted octanol–water partition coefficient (Wildman–Crippen LogP) is 2.08. The molecule has 0 saturated heterocycles. The van der Waals surface area contributed by atoms with E-state index in [-0.39, 0.29) is 6.42 Å². The summed E-state index contributed by atoms with van der Waals surface area (Å²) in [5.74, 6) is -0.162. The number of nitrogens with zero attached hydrogens (tertiary/aromatic N) is 1. The van der Waals surface area contributed by atoms with Crippen molar-refractivity contribution in [2.75, 3.05) is 0 Å². The molecular weight excluding hydrogens is 192 g/mol. The number of nitrogens with one attached hydrogen (secondary N) is 1. The Morgan fingerprint density at radius 3 is 2.93 bits per heavy atom. The van der Waals surface area contributed by atoms with Crippen molar-refractivity contribution in [1.82, 2.24) is 10.2 Å². The highest BCUT2D eigenvalue weighted by Gasteiger charge is 2.21. The molecule has 0 atom stereocenters. The Kier molecular flexibility index (Phi) is 3.04. The number of aromatic nitrogens is 2. The first-order chi connectivity index (χ1) is 7.27. The van der Waals surface area contributed by atoms with E-state index in [1.54, 1.807) is 6.20 Å². The van der Waals surface area contributed by atoms with Crippen LogP contribution in [0.5, 0.6) is 0 Å². The van der Waals surface area contributed by atoms with Crippen molar-refractivity contribution in [3.05, 3.63) is 17.5 Å². The Morgan fingerprint density at radius 2 is 2.27 bits per heavy atom. The maximum Gasteiger partial charge on any atom is 0.303 e. The van der Waals surface area contributed by atoms with Gasteiger partial charge in [0, 0.05) is 18.0 Å². The molecule has 1 saturated carbocycles. The second-order valence-electron chi connectivity index (χ2n) is 4.18. The van der Waals surface area contributed by atoms with E-state index < -0.39 is 5.97 Å². The van der Waals surface area contributed by atoms with Gasteiger partial charge in [-0.15, -0.1) is 0 Å². The van der Waals surface area contributed by atoms with Crippen molar-refractivity contribution < 1.29 is 9.90 Å². The summed E-state index contributed by atoms with van der Waals surface area (Å²) in [7, 11) is 0. The lowest BCUT2D eigenvalue weighted by Gasteiger charge is -2.08. The van der Waals surface area contributed by atoms with Crippen LogP contribution in [0.1, 0.15) is 49.3 Å². The smallest absolute Gasteiger partial charge is 0.303 e. The van der Waals surface area contributed by atoms with Gasteiger partial charge in [-0.05, 0) is 24.8 Å². The van der Waals surface area contributed by atoms with Gasteiger partial charge in [-0.25, -0.2) is 0 Å². The molecule has 82 valence electrons. The van der Waals surface area contributed by atoms with Crippen LogP contribution in [0, 0.1) is 0 Å². The average molecular weight is 208 g/mol. The number of hydrogen-bond acceptors (Lipinski definition) is 2. The lowest BCUT2D eigenvalue weighted by molar-refractivity contribution is -0.136. The van der Waals surface area contributed by atoms with Gasteiger partial charge < -0.3 is 5.11 Å². The number of rotatable bonds is 4. The molecule has 0 radical (unpaired) electrons. The van der Waals surface area contributed by atoms with Gasteiger partial charge in [-0.3, -0.25) is 9.89 Å². The van der Waals surface area contributed by atoms with Crippen molar-refractivity contribution >= 4 is 5.97 Å². The highest BCUT2D eigenvalue weighted by Crippen LogP contribution is 2.34. The number of aryl methyl sites for hydroxylation is 1. The van der Waals surface area contributed by atoms with Crippen molar-refractivity contribution in [2.45, 2.75) is 44.4 Å². The number of aliphatic carboxylic acids is 1. The molecule has 0 aromatic carbocycles. The third-order valence-corrected chi connectivity index (χ3v) is 3.12. The van der Waals surface area contributed by atoms with Crippen LogP contribution in [0.2, 0.25) is 0 Å². The Hall–Kier alpha value is -1.32. The van der Waals surface area contributed by atoms with E-state index >= 15 is 0 Å². The lowest BCUT2D eigenvalue weighted by Crippen LogP contribution is -2.01. The second kappa shape index (κ2) is 4.47.